The third-order valence-corrected chi connectivity index (χ3v) is 6.21. The molecular formula is C22H26N4OS. The van der Waals surface area contributed by atoms with E-state index in [1.54, 1.807) is 0 Å². The fraction of sp³-hybridized carbons (Fsp3) is 0.409. The minimum absolute atomic E-state index is 0.0756. The van der Waals surface area contributed by atoms with E-state index in [0.717, 1.165) is 42.1 Å². The lowest BCUT2D eigenvalue weighted by atomic mass is 9.94. The second kappa shape index (κ2) is 8.69. The van der Waals surface area contributed by atoms with E-state index in [4.69, 9.17) is 0 Å². The van der Waals surface area contributed by atoms with Crippen molar-refractivity contribution in [3.63, 3.8) is 0 Å². The van der Waals surface area contributed by atoms with Crippen LogP contribution in [0.4, 0.5) is 0 Å². The summed E-state index contributed by atoms with van der Waals surface area (Å²) in [7, 11) is 0. The van der Waals surface area contributed by atoms with Crippen molar-refractivity contribution < 1.29 is 4.79 Å². The summed E-state index contributed by atoms with van der Waals surface area (Å²) in [6.45, 7) is 2.94. The van der Waals surface area contributed by atoms with Crippen LogP contribution in [0.5, 0.6) is 0 Å². The van der Waals surface area contributed by atoms with Crippen molar-refractivity contribution >= 4 is 17.2 Å². The lowest BCUT2D eigenvalue weighted by Gasteiger charge is -2.33. The predicted molar refractivity (Wildman–Crippen MR) is 113 cm³/mol. The van der Waals surface area contributed by atoms with Crippen LogP contribution in [0.1, 0.15) is 55.9 Å². The van der Waals surface area contributed by atoms with E-state index >= 15 is 0 Å². The van der Waals surface area contributed by atoms with Gasteiger partial charge in [0.25, 0.3) is 5.91 Å². The van der Waals surface area contributed by atoms with Gasteiger partial charge in [-0.1, -0.05) is 44.4 Å². The summed E-state index contributed by atoms with van der Waals surface area (Å²) in [6.07, 6.45) is 10.7. The molecule has 0 aliphatic heterocycles. The van der Waals surface area contributed by atoms with Crippen molar-refractivity contribution in [1.29, 1.82) is 0 Å². The maximum atomic E-state index is 13.2. The summed E-state index contributed by atoms with van der Waals surface area (Å²) in [5.74, 6) is 0.0756. The molecule has 28 heavy (non-hydrogen) atoms. The van der Waals surface area contributed by atoms with Gasteiger partial charge in [-0.05, 0) is 31.4 Å². The van der Waals surface area contributed by atoms with Gasteiger partial charge in [-0.25, -0.2) is 9.67 Å². The fourth-order valence-corrected chi connectivity index (χ4v) is 4.66. The molecule has 0 N–H and O–H groups in total. The van der Waals surface area contributed by atoms with Crippen LogP contribution in [0.15, 0.2) is 48.1 Å². The zero-order valence-corrected chi connectivity index (χ0v) is 17.1. The molecule has 0 bridgehead atoms. The molecule has 0 unspecified atom stereocenters. The summed E-state index contributed by atoms with van der Waals surface area (Å²) in [6, 6.07) is 10.4. The predicted octanol–water partition coefficient (Wildman–Crippen LogP) is 5.18. The Morgan fingerprint density at radius 3 is 2.75 bits per heavy atom. The van der Waals surface area contributed by atoms with Crippen LogP contribution in [0, 0.1) is 0 Å². The maximum Gasteiger partial charge on any atom is 0.273 e. The number of rotatable bonds is 6. The van der Waals surface area contributed by atoms with E-state index in [2.05, 4.69) is 21.9 Å². The van der Waals surface area contributed by atoms with Crippen LogP contribution in [0.3, 0.4) is 0 Å². The second-order valence-electron chi connectivity index (χ2n) is 7.34. The van der Waals surface area contributed by atoms with Gasteiger partial charge in [-0.15, -0.1) is 11.3 Å². The summed E-state index contributed by atoms with van der Waals surface area (Å²) < 4.78 is 1.84. The van der Waals surface area contributed by atoms with Crippen LogP contribution in [0.2, 0.25) is 0 Å². The van der Waals surface area contributed by atoms with E-state index in [0.29, 0.717) is 11.7 Å². The van der Waals surface area contributed by atoms with Crippen LogP contribution in [0.25, 0.3) is 16.3 Å². The molecule has 0 atom stereocenters. The maximum absolute atomic E-state index is 13.2. The average Bonchev–Trinajstić information content (AvgIpc) is 3.42. The highest BCUT2D eigenvalue weighted by Crippen LogP contribution is 2.27. The number of benzene rings is 1. The number of thiazole rings is 1. The Kier molecular flexibility index (Phi) is 5.86. The summed E-state index contributed by atoms with van der Waals surface area (Å²) in [5.41, 5.74) is 2.51. The molecular weight excluding hydrogens is 368 g/mol. The Labute approximate surface area is 170 Å². The fourth-order valence-electron chi connectivity index (χ4n) is 3.89. The number of nitrogens with zero attached hydrogens (tertiary/aromatic N) is 4. The van der Waals surface area contributed by atoms with Crippen molar-refractivity contribution in [3.8, 4) is 16.3 Å². The van der Waals surface area contributed by atoms with Gasteiger partial charge in [0, 0.05) is 29.7 Å². The molecule has 3 aromatic rings. The third kappa shape index (κ3) is 4.02. The molecule has 5 nitrogen and oxygen atoms in total. The monoisotopic (exact) mass is 394 g/mol. The Morgan fingerprint density at radius 1 is 1.21 bits per heavy atom. The number of hydrogen-bond acceptors (Lipinski definition) is 4. The van der Waals surface area contributed by atoms with Crippen molar-refractivity contribution in [2.45, 2.75) is 51.5 Å². The number of aromatic nitrogens is 3. The first-order valence-corrected chi connectivity index (χ1v) is 11.0. The number of para-hydroxylation sites is 1. The molecule has 1 aliphatic rings. The van der Waals surface area contributed by atoms with Crippen molar-refractivity contribution in [2.24, 2.45) is 0 Å². The van der Waals surface area contributed by atoms with Crippen molar-refractivity contribution in [2.75, 3.05) is 6.54 Å². The number of carbonyl (C=O) groups excluding carboxylic acids is 1. The van der Waals surface area contributed by atoms with Gasteiger partial charge in [0.1, 0.15) is 10.7 Å². The average molecular weight is 395 g/mol. The summed E-state index contributed by atoms with van der Waals surface area (Å²) in [4.78, 5) is 19.9. The molecule has 0 spiro atoms. The molecule has 1 fully saturated rings. The molecule has 1 aromatic carbocycles. The zero-order valence-electron chi connectivity index (χ0n) is 16.3. The van der Waals surface area contributed by atoms with E-state index in [9.17, 15) is 4.79 Å². The molecule has 1 saturated carbocycles. The highest BCUT2D eigenvalue weighted by atomic mass is 32.1. The van der Waals surface area contributed by atoms with E-state index in [1.165, 1.54) is 30.6 Å². The van der Waals surface area contributed by atoms with Gasteiger partial charge < -0.3 is 4.90 Å². The quantitative estimate of drug-likeness (QED) is 0.579. The second-order valence-corrected chi connectivity index (χ2v) is 8.20. The van der Waals surface area contributed by atoms with Crippen LogP contribution >= 0.6 is 11.3 Å². The Bertz CT molecular complexity index is 912. The molecule has 0 saturated heterocycles. The van der Waals surface area contributed by atoms with Gasteiger partial charge >= 0.3 is 0 Å². The van der Waals surface area contributed by atoms with Gasteiger partial charge in [-0.3, -0.25) is 4.79 Å². The van der Waals surface area contributed by atoms with Crippen molar-refractivity contribution in [3.05, 3.63) is 53.8 Å². The lowest BCUT2D eigenvalue weighted by molar-refractivity contribution is 0.0629. The van der Waals surface area contributed by atoms with Crippen LogP contribution in [-0.4, -0.2) is 38.2 Å². The number of amides is 1. The number of hydrogen-bond donors (Lipinski definition) is 0. The van der Waals surface area contributed by atoms with E-state index in [-0.39, 0.29) is 5.91 Å². The van der Waals surface area contributed by atoms with Gasteiger partial charge in [0.15, 0.2) is 0 Å². The molecule has 1 amide bonds. The minimum Gasteiger partial charge on any atom is -0.334 e. The lowest BCUT2D eigenvalue weighted by Crippen LogP contribution is -2.42. The standard InChI is InChI=1S/C22H26N4OS/c1-2-13-25(18-9-5-3-6-10-18)22(27)20-16-28-21(24-20)17-14-23-26(15-17)19-11-7-4-8-12-19/h4,7-8,11-12,14-16,18H,2-3,5-6,9-10,13H2,1H3. The highest BCUT2D eigenvalue weighted by Gasteiger charge is 2.27. The van der Waals surface area contributed by atoms with Gasteiger partial charge in [-0.2, -0.15) is 5.10 Å². The van der Waals surface area contributed by atoms with Crippen molar-refractivity contribution in [1.82, 2.24) is 19.7 Å². The molecule has 146 valence electrons. The SMILES string of the molecule is CCCN(C(=O)c1csc(-c2cnn(-c3ccccc3)c2)n1)C1CCCCC1. The van der Waals surface area contributed by atoms with E-state index in [1.807, 2.05) is 52.8 Å². The largest absolute Gasteiger partial charge is 0.334 e. The zero-order chi connectivity index (χ0) is 19.3. The highest BCUT2D eigenvalue weighted by molar-refractivity contribution is 7.13. The minimum atomic E-state index is 0.0756. The first-order chi connectivity index (χ1) is 13.8. The molecule has 0 radical (unpaired) electrons. The topological polar surface area (TPSA) is 51.0 Å². The smallest absolute Gasteiger partial charge is 0.273 e. The Balaban J connectivity index is 1.53. The van der Waals surface area contributed by atoms with Crippen LogP contribution in [-0.2, 0) is 0 Å². The molecule has 2 aromatic heterocycles. The summed E-state index contributed by atoms with van der Waals surface area (Å²) >= 11 is 1.51. The van der Waals surface area contributed by atoms with Gasteiger partial charge in [0.2, 0.25) is 0 Å². The summed E-state index contributed by atoms with van der Waals surface area (Å²) in [5, 5.41) is 7.17. The molecule has 6 heteroatoms. The van der Waals surface area contributed by atoms with Crippen LogP contribution < -0.4 is 0 Å². The van der Waals surface area contributed by atoms with E-state index < -0.39 is 0 Å². The molecule has 1 aliphatic carbocycles. The van der Waals surface area contributed by atoms with Gasteiger partial charge in [0.05, 0.1) is 11.9 Å². The third-order valence-electron chi connectivity index (χ3n) is 5.31. The number of carbonyl (C=O) groups is 1. The Hall–Kier alpha value is -2.47. The Morgan fingerprint density at radius 2 is 2.00 bits per heavy atom. The first-order valence-electron chi connectivity index (χ1n) is 10.1. The molecule has 2 heterocycles. The normalized spacial score (nSPS) is 14.9. The first kappa shape index (κ1) is 18.9. The molecule has 4 rings (SSSR count).